The SMILES string of the molecule is CN1CCCC(N(C)c2cc(Cl)nc(N)n2)C1. The number of piperidine rings is 1. The van der Waals surface area contributed by atoms with Gasteiger partial charge in [0.25, 0.3) is 0 Å². The van der Waals surface area contributed by atoms with E-state index in [1.54, 1.807) is 6.07 Å². The highest BCUT2D eigenvalue weighted by Crippen LogP contribution is 2.21. The van der Waals surface area contributed by atoms with Gasteiger partial charge in [-0.3, -0.25) is 0 Å². The van der Waals surface area contributed by atoms with Crippen molar-refractivity contribution in [2.75, 3.05) is 37.8 Å². The number of nitrogens with zero attached hydrogens (tertiary/aromatic N) is 4. The molecule has 2 N–H and O–H groups in total. The molecule has 17 heavy (non-hydrogen) atoms. The fourth-order valence-corrected chi connectivity index (χ4v) is 2.43. The van der Waals surface area contributed by atoms with E-state index in [1.165, 1.54) is 12.8 Å². The second kappa shape index (κ2) is 5.06. The first-order chi connectivity index (χ1) is 8.06. The Bertz CT molecular complexity index is 377. The number of likely N-dealkylation sites (N-methyl/N-ethyl adjacent to an activating group) is 2. The van der Waals surface area contributed by atoms with Crippen molar-refractivity contribution < 1.29 is 0 Å². The minimum atomic E-state index is 0.225. The number of nitrogens with two attached hydrogens (primary N) is 1. The van der Waals surface area contributed by atoms with E-state index >= 15 is 0 Å². The van der Waals surface area contributed by atoms with Gasteiger partial charge in [0.05, 0.1) is 0 Å². The molecule has 5 nitrogen and oxygen atoms in total. The second-order valence-electron chi connectivity index (χ2n) is 4.58. The highest BCUT2D eigenvalue weighted by molar-refractivity contribution is 6.29. The topological polar surface area (TPSA) is 58.3 Å². The molecule has 0 aromatic carbocycles. The summed E-state index contributed by atoms with van der Waals surface area (Å²) >= 11 is 5.89. The fourth-order valence-electron chi connectivity index (χ4n) is 2.25. The van der Waals surface area contributed by atoms with Crippen molar-refractivity contribution in [3.8, 4) is 0 Å². The third-order valence-electron chi connectivity index (χ3n) is 3.21. The Hall–Kier alpha value is -1.07. The Morgan fingerprint density at radius 1 is 1.53 bits per heavy atom. The Kier molecular flexibility index (Phi) is 3.69. The maximum atomic E-state index is 5.89. The van der Waals surface area contributed by atoms with Crippen LogP contribution in [0.3, 0.4) is 0 Å². The number of likely N-dealkylation sites (tertiary alicyclic amines) is 1. The minimum Gasteiger partial charge on any atom is -0.368 e. The average molecular weight is 256 g/mol. The number of nitrogen functional groups attached to an aromatic ring is 1. The zero-order chi connectivity index (χ0) is 12.4. The quantitative estimate of drug-likeness (QED) is 0.806. The molecule has 0 radical (unpaired) electrons. The van der Waals surface area contributed by atoms with Crippen LogP contribution in [0, 0.1) is 0 Å². The molecule has 1 unspecified atom stereocenters. The molecule has 0 amide bonds. The smallest absolute Gasteiger partial charge is 0.223 e. The van der Waals surface area contributed by atoms with Crippen molar-refractivity contribution >= 4 is 23.4 Å². The van der Waals surface area contributed by atoms with Gasteiger partial charge < -0.3 is 15.5 Å². The fraction of sp³-hybridized carbons (Fsp3) is 0.636. The van der Waals surface area contributed by atoms with Gasteiger partial charge in [-0.15, -0.1) is 0 Å². The Labute approximate surface area is 107 Å². The van der Waals surface area contributed by atoms with Gasteiger partial charge >= 0.3 is 0 Å². The molecule has 94 valence electrons. The molecule has 6 heteroatoms. The minimum absolute atomic E-state index is 0.225. The summed E-state index contributed by atoms with van der Waals surface area (Å²) in [4.78, 5) is 12.6. The largest absolute Gasteiger partial charge is 0.368 e. The summed E-state index contributed by atoms with van der Waals surface area (Å²) in [6.45, 7) is 2.20. The standard InChI is InChI=1S/C11H18ClN5/c1-16-5-3-4-8(7-16)17(2)10-6-9(12)14-11(13)15-10/h6,8H,3-5,7H2,1-2H3,(H2,13,14,15). The van der Waals surface area contributed by atoms with Gasteiger partial charge in [-0.05, 0) is 26.4 Å². The summed E-state index contributed by atoms with van der Waals surface area (Å²) in [7, 11) is 4.17. The van der Waals surface area contributed by atoms with E-state index in [9.17, 15) is 0 Å². The monoisotopic (exact) mass is 255 g/mol. The van der Waals surface area contributed by atoms with Crippen LogP contribution in [-0.2, 0) is 0 Å². The molecule has 1 atom stereocenters. The van der Waals surface area contributed by atoms with Gasteiger partial charge in [0.2, 0.25) is 5.95 Å². The van der Waals surface area contributed by atoms with Crippen LogP contribution in [0.25, 0.3) is 0 Å². The molecule has 1 aromatic heterocycles. The first-order valence-electron chi connectivity index (χ1n) is 5.77. The molecule has 1 aliphatic rings. The van der Waals surface area contributed by atoms with Crippen LogP contribution in [0.1, 0.15) is 12.8 Å². The third kappa shape index (κ3) is 2.98. The lowest BCUT2D eigenvalue weighted by molar-refractivity contribution is 0.247. The van der Waals surface area contributed by atoms with Crippen LogP contribution < -0.4 is 10.6 Å². The first-order valence-corrected chi connectivity index (χ1v) is 6.15. The summed E-state index contributed by atoms with van der Waals surface area (Å²) in [5.74, 6) is 1.02. The number of anilines is 2. The Morgan fingerprint density at radius 3 is 2.94 bits per heavy atom. The lowest BCUT2D eigenvalue weighted by Crippen LogP contribution is -2.45. The molecule has 0 aliphatic carbocycles. The van der Waals surface area contributed by atoms with Crippen molar-refractivity contribution in [3.63, 3.8) is 0 Å². The van der Waals surface area contributed by atoms with Gasteiger partial charge in [0, 0.05) is 25.7 Å². The predicted octanol–water partition coefficient (Wildman–Crippen LogP) is 1.24. The number of aromatic nitrogens is 2. The maximum Gasteiger partial charge on any atom is 0.223 e. The van der Waals surface area contributed by atoms with Gasteiger partial charge in [-0.2, -0.15) is 4.98 Å². The summed E-state index contributed by atoms with van der Waals surface area (Å²) in [6.07, 6.45) is 2.38. The Balaban J connectivity index is 2.15. The normalized spacial score (nSPS) is 21.5. The van der Waals surface area contributed by atoms with E-state index in [-0.39, 0.29) is 5.95 Å². The van der Waals surface area contributed by atoms with Crippen LogP contribution in [0.4, 0.5) is 11.8 Å². The van der Waals surface area contributed by atoms with E-state index in [0.29, 0.717) is 11.2 Å². The van der Waals surface area contributed by atoms with Crippen LogP contribution in [0.5, 0.6) is 0 Å². The highest BCUT2D eigenvalue weighted by Gasteiger charge is 2.22. The molecule has 1 aliphatic heterocycles. The van der Waals surface area contributed by atoms with E-state index < -0.39 is 0 Å². The molecule has 1 fully saturated rings. The molecule has 2 heterocycles. The first kappa shape index (κ1) is 12.4. The van der Waals surface area contributed by atoms with Crippen LogP contribution in [0.15, 0.2) is 6.07 Å². The van der Waals surface area contributed by atoms with Crippen molar-refractivity contribution in [1.29, 1.82) is 0 Å². The number of rotatable bonds is 2. The summed E-state index contributed by atoms with van der Waals surface area (Å²) in [5.41, 5.74) is 5.61. The van der Waals surface area contributed by atoms with Crippen LogP contribution >= 0.6 is 11.6 Å². The van der Waals surface area contributed by atoms with Crippen molar-refractivity contribution in [1.82, 2.24) is 14.9 Å². The number of halogens is 1. The van der Waals surface area contributed by atoms with E-state index in [2.05, 4.69) is 26.8 Å². The zero-order valence-electron chi connectivity index (χ0n) is 10.2. The van der Waals surface area contributed by atoms with Gasteiger partial charge in [0.15, 0.2) is 0 Å². The Morgan fingerprint density at radius 2 is 2.29 bits per heavy atom. The van der Waals surface area contributed by atoms with Crippen LogP contribution in [-0.4, -0.2) is 48.1 Å². The lowest BCUT2D eigenvalue weighted by Gasteiger charge is -2.36. The summed E-state index contributed by atoms with van der Waals surface area (Å²) in [5, 5.41) is 0.392. The molecular weight excluding hydrogens is 238 g/mol. The number of hydrogen-bond acceptors (Lipinski definition) is 5. The maximum absolute atomic E-state index is 5.89. The van der Waals surface area contributed by atoms with Gasteiger partial charge in [-0.1, -0.05) is 11.6 Å². The molecule has 0 bridgehead atoms. The highest BCUT2D eigenvalue weighted by atomic mass is 35.5. The second-order valence-corrected chi connectivity index (χ2v) is 4.96. The summed E-state index contributed by atoms with van der Waals surface area (Å²) < 4.78 is 0. The van der Waals surface area contributed by atoms with Crippen molar-refractivity contribution in [2.24, 2.45) is 0 Å². The number of hydrogen-bond donors (Lipinski definition) is 1. The van der Waals surface area contributed by atoms with E-state index in [4.69, 9.17) is 17.3 Å². The van der Waals surface area contributed by atoms with Crippen molar-refractivity contribution in [2.45, 2.75) is 18.9 Å². The summed E-state index contributed by atoms with van der Waals surface area (Å²) in [6, 6.07) is 2.21. The van der Waals surface area contributed by atoms with Gasteiger partial charge in [0.1, 0.15) is 11.0 Å². The molecule has 0 saturated carbocycles. The molecule has 1 saturated heterocycles. The third-order valence-corrected chi connectivity index (χ3v) is 3.40. The molecule has 1 aromatic rings. The molecular formula is C11H18ClN5. The van der Waals surface area contributed by atoms with E-state index in [0.717, 1.165) is 18.9 Å². The lowest BCUT2D eigenvalue weighted by atomic mass is 10.1. The van der Waals surface area contributed by atoms with Gasteiger partial charge in [-0.25, -0.2) is 4.98 Å². The molecule has 2 rings (SSSR count). The predicted molar refractivity (Wildman–Crippen MR) is 70.4 cm³/mol. The van der Waals surface area contributed by atoms with Crippen molar-refractivity contribution in [3.05, 3.63) is 11.2 Å². The van der Waals surface area contributed by atoms with E-state index in [1.807, 2.05) is 7.05 Å². The zero-order valence-corrected chi connectivity index (χ0v) is 11.0. The average Bonchev–Trinajstić information content (AvgIpc) is 2.26. The van der Waals surface area contributed by atoms with Crippen LogP contribution in [0.2, 0.25) is 5.15 Å². The molecule has 0 spiro atoms.